The van der Waals surface area contributed by atoms with Crippen molar-refractivity contribution in [1.29, 1.82) is 0 Å². The Morgan fingerprint density at radius 1 is 0.875 bits per heavy atom. The number of benzene rings is 3. The number of ether oxygens (including phenoxy) is 2. The minimum atomic E-state index is -0.170. The molecule has 1 aliphatic heterocycles. The SMILES string of the molecule is COCCN1CCCCCCN(C(=O)Cc2ccc(C)cc2)[C@@H](Cc2ccccc2)COc2ccccc2C1=O. The summed E-state index contributed by atoms with van der Waals surface area (Å²) in [5.41, 5.74) is 3.90. The van der Waals surface area contributed by atoms with Crippen LogP contribution >= 0.6 is 0 Å². The van der Waals surface area contributed by atoms with E-state index in [9.17, 15) is 9.59 Å². The number of hydrogen-bond acceptors (Lipinski definition) is 4. The zero-order valence-electron chi connectivity index (χ0n) is 23.9. The molecule has 40 heavy (non-hydrogen) atoms. The minimum Gasteiger partial charge on any atom is -0.491 e. The average molecular weight is 543 g/mol. The molecule has 212 valence electrons. The van der Waals surface area contributed by atoms with E-state index in [1.807, 2.05) is 64.4 Å². The van der Waals surface area contributed by atoms with Crippen molar-refractivity contribution in [3.8, 4) is 5.75 Å². The maximum Gasteiger partial charge on any atom is 0.257 e. The van der Waals surface area contributed by atoms with Gasteiger partial charge in [0.25, 0.3) is 5.91 Å². The Hall–Kier alpha value is -3.64. The fourth-order valence-electron chi connectivity index (χ4n) is 5.22. The molecular formula is C34H42N2O4. The molecule has 0 N–H and O–H groups in total. The molecule has 0 bridgehead atoms. The number of rotatable bonds is 7. The third-order valence-corrected chi connectivity index (χ3v) is 7.53. The number of para-hydroxylation sites is 1. The van der Waals surface area contributed by atoms with Crippen molar-refractivity contribution < 1.29 is 19.1 Å². The Labute approximate surface area is 238 Å². The van der Waals surface area contributed by atoms with Crippen LogP contribution < -0.4 is 4.74 Å². The van der Waals surface area contributed by atoms with E-state index in [2.05, 4.69) is 31.2 Å². The standard InChI is InChI=1S/C34H42N2O4/c1-27-16-18-29(19-17-27)25-33(37)36-21-11-4-3-10-20-35(22-23-39-2)34(38)31-14-8-9-15-32(31)40-26-30(36)24-28-12-6-5-7-13-28/h5-9,12-19,30H,3-4,10-11,20-26H2,1-2H3/t30-/m0/s1. The first-order chi connectivity index (χ1) is 19.5. The molecule has 0 saturated carbocycles. The van der Waals surface area contributed by atoms with Crippen LogP contribution in [0.5, 0.6) is 5.75 Å². The summed E-state index contributed by atoms with van der Waals surface area (Å²) in [5, 5.41) is 0. The molecule has 0 unspecified atom stereocenters. The van der Waals surface area contributed by atoms with Gasteiger partial charge >= 0.3 is 0 Å². The van der Waals surface area contributed by atoms with Gasteiger partial charge in [-0.3, -0.25) is 9.59 Å². The number of aryl methyl sites for hydroxylation is 1. The first kappa shape index (κ1) is 29.3. The van der Waals surface area contributed by atoms with Crippen molar-refractivity contribution in [3.05, 3.63) is 101 Å². The number of hydrogen-bond donors (Lipinski definition) is 0. The third kappa shape index (κ3) is 8.43. The van der Waals surface area contributed by atoms with Crippen LogP contribution in [0.3, 0.4) is 0 Å². The predicted molar refractivity (Wildman–Crippen MR) is 159 cm³/mol. The van der Waals surface area contributed by atoms with Crippen LogP contribution in [0.25, 0.3) is 0 Å². The van der Waals surface area contributed by atoms with Gasteiger partial charge in [-0.15, -0.1) is 0 Å². The maximum absolute atomic E-state index is 13.8. The van der Waals surface area contributed by atoms with Crippen molar-refractivity contribution in [1.82, 2.24) is 9.80 Å². The lowest BCUT2D eigenvalue weighted by molar-refractivity contribution is -0.133. The summed E-state index contributed by atoms with van der Waals surface area (Å²) in [6, 6.07) is 25.7. The van der Waals surface area contributed by atoms with Crippen LogP contribution in [0, 0.1) is 6.92 Å². The fourth-order valence-corrected chi connectivity index (χ4v) is 5.22. The topological polar surface area (TPSA) is 59.1 Å². The molecule has 4 rings (SSSR count). The summed E-state index contributed by atoms with van der Waals surface area (Å²) in [4.78, 5) is 31.3. The summed E-state index contributed by atoms with van der Waals surface area (Å²) in [6.07, 6.45) is 4.84. The van der Waals surface area contributed by atoms with Crippen molar-refractivity contribution in [2.75, 3.05) is 40.0 Å². The van der Waals surface area contributed by atoms with E-state index in [4.69, 9.17) is 9.47 Å². The van der Waals surface area contributed by atoms with Crippen molar-refractivity contribution >= 4 is 11.8 Å². The Bertz CT molecular complexity index is 1210. The monoisotopic (exact) mass is 542 g/mol. The van der Waals surface area contributed by atoms with Gasteiger partial charge in [-0.05, 0) is 49.4 Å². The van der Waals surface area contributed by atoms with Gasteiger partial charge in [0.1, 0.15) is 12.4 Å². The number of nitrogens with zero attached hydrogens (tertiary/aromatic N) is 2. The molecule has 3 aromatic rings. The van der Waals surface area contributed by atoms with Crippen molar-refractivity contribution in [3.63, 3.8) is 0 Å². The quantitative estimate of drug-likeness (QED) is 0.383. The van der Waals surface area contributed by atoms with Gasteiger partial charge in [-0.25, -0.2) is 0 Å². The normalized spacial score (nSPS) is 17.1. The number of amides is 2. The van der Waals surface area contributed by atoms with Crippen LogP contribution in [0.1, 0.15) is 52.7 Å². The van der Waals surface area contributed by atoms with Crippen LogP contribution in [0.2, 0.25) is 0 Å². The lowest BCUT2D eigenvalue weighted by atomic mass is 10.0. The highest BCUT2D eigenvalue weighted by molar-refractivity contribution is 5.97. The highest BCUT2D eigenvalue weighted by Crippen LogP contribution is 2.23. The first-order valence-corrected chi connectivity index (χ1v) is 14.4. The lowest BCUT2D eigenvalue weighted by Gasteiger charge is -2.33. The summed E-state index contributed by atoms with van der Waals surface area (Å²) in [7, 11) is 1.66. The van der Waals surface area contributed by atoms with Crippen LogP contribution in [-0.4, -0.2) is 67.6 Å². The fraction of sp³-hybridized carbons (Fsp3) is 0.412. The highest BCUT2D eigenvalue weighted by atomic mass is 16.5. The maximum atomic E-state index is 13.8. The molecule has 6 heteroatoms. The largest absolute Gasteiger partial charge is 0.491 e. The summed E-state index contributed by atoms with van der Waals surface area (Å²) in [5.74, 6) is 0.614. The molecule has 1 heterocycles. The van der Waals surface area contributed by atoms with Crippen molar-refractivity contribution in [2.24, 2.45) is 0 Å². The third-order valence-electron chi connectivity index (χ3n) is 7.53. The van der Waals surface area contributed by atoms with E-state index >= 15 is 0 Å². The summed E-state index contributed by atoms with van der Waals surface area (Å²) in [6.45, 7) is 4.74. The van der Waals surface area contributed by atoms with E-state index in [1.165, 1.54) is 5.56 Å². The average Bonchev–Trinajstić information content (AvgIpc) is 2.97. The lowest BCUT2D eigenvalue weighted by Crippen LogP contribution is -2.46. The number of methoxy groups -OCH3 is 1. The second-order valence-corrected chi connectivity index (χ2v) is 10.6. The Balaban J connectivity index is 1.63. The molecule has 2 amide bonds. The molecule has 6 nitrogen and oxygen atoms in total. The smallest absolute Gasteiger partial charge is 0.257 e. The van der Waals surface area contributed by atoms with Crippen LogP contribution in [0.15, 0.2) is 78.9 Å². The highest BCUT2D eigenvalue weighted by Gasteiger charge is 2.27. The summed E-state index contributed by atoms with van der Waals surface area (Å²) < 4.78 is 11.7. The summed E-state index contributed by atoms with van der Waals surface area (Å²) >= 11 is 0. The Kier molecular flexibility index (Phi) is 11.2. The molecule has 0 spiro atoms. The minimum absolute atomic E-state index is 0.0448. The van der Waals surface area contributed by atoms with E-state index in [0.29, 0.717) is 57.0 Å². The van der Waals surface area contributed by atoms with Gasteiger partial charge in [-0.1, -0.05) is 85.1 Å². The van der Waals surface area contributed by atoms with Gasteiger partial charge in [0, 0.05) is 26.7 Å². The zero-order valence-corrected chi connectivity index (χ0v) is 23.9. The second kappa shape index (κ2) is 15.2. The molecule has 3 aromatic carbocycles. The van der Waals surface area contributed by atoms with E-state index in [0.717, 1.165) is 36.8 Å². The van der Waals surface area contributed by atoms with Gasteiger partial charge in [0.05, 0.1) is 24.6 Å². The molecule has 1 atom stereocenters. The number of carbonyl (C=O) groups excluding carboxylic acids is 2. The van der Waals surface area contributed by atoms with E-state index in [1.54, 1.807) is 7.11 Å². The molecule has 0 saturated heterocycles. The molecule has 0 aromatic heterocycles. The molecule has 0 radical (unpaired) electrons. The number of carbonyl (C=O) groups is 2. The molecule has 1 aliphatic rings. The number of fused-ring (bicyclic) bond motifs is 1. The Morgan fingerprint density at radius 2 is 1.57 bits per heavy atom. The predicted octanol–water partition coefficient (Wildman–Crippen LogP) is 5.72. The van der Waals surface area contributed by atoms with Crippen LogP contribution in [0.4, 0.5) is 0 Å². The van der Waals surface area contributed by atoms with Gasteiger partial charge in [-0.2, -0.15) is 0 Å². The van der Waals surface area contributed by atoms with E-state index in [-0.39, 0.29) is 17.9 Å². The first-order valence-electron chi connectivity index (χ1n) is 14.4. The molecular weight excluding hydrogens is 500 g/mol. The molecule has 0 fully saturated rings. The Morgan fingerprint density at radius 3 is 2.33 bits per heavy atom. The van der Waals surface area contributed by atoms with Crippen molar-refractivity contribution in [2.45, 2.75) is 51.5 Å². The van der Waals surface area contributed by atoms with E-state index < -0.39 is 0 Å². The zero-order chi connectivity index (χ0) is 28.2. The van der Waals surface area contributed by atoms with Crippen LogP contribution in [-0.2, 0) is 22.4 Å². The molecule has 0 aliphatic carbocycles. The second-order valence-electron chi connectivity index (χ2n) is 10.6. The van der Waals surface area contributed by atoms with Gasteiger partial charge in [0.15, 0.2) is 0 Å². The van der Waals surface area contributed by atoms with Gasteiger partial charge in [0.2, 0.25) is 5.91 Å². The van der Waals surface area contributed by atoms with Gasteiger partial charge < -0.3 is 19.3 Å².